The van der Waals surface area contributed by atoms with Crippen LogP contribution in [0.15, 0.2) is 133 Å². The molecule has 0 amide bonds. The third-order valence-electron chi connectivity index (χ3n) is 7.95. The number of fused-ring (bicyclic) bond motifs is 6. The number of aromatic nitrogens is 3. The summed E-state index contributed by atoms with van der Waals surface area (Å²) in [5, 5.41) is 3.53. The van der Waals surface area contributed by atoms with Crippen LogP contribution in [0.2, 0.25) is 0 Å². The van der Waals surface area contributed by atoms with Crippen molar-refractivity contribution in [1.29, 1.82) is 0 Å². The Morgan fingerprint density at radius 3 is 2.20 bits per heavy atom. The second kappa shape index (κ2) is 8.62. The fourth-order valence-electron chi connectivity index (χ4n) is 6.17. The van der Waals surface area contributed by atoms with Crippen molar-refractivity contribution in [3.05, 3.63) is 133 Å². The number of benzene rings is 5. The first-order valence-electron chi connectivity index (χ1n) is 13.7. The highest BCUT2D eigenvalue weighted by Gasteiger charge is 2.28. The molecular formula is C36H22N4S. The maximum Gasteiger partial charge on any atom is 0.144 e. The van der Waals surface area contributed by atoms with Crippen molar-refractivity contribution in [3.8, 4) is 27.5 Å². The van der Waals surface area contributed by atoms with Crippen molar-refractivity contribution in [1.82, 2.24) is 14.5 Å². The van der Waals surface area contributed by atoms with Gasteiger partial charge >= 0.3 is 0 Å². The molecule has 4 nitrogen and oxygen atoms in total. The zero-order valence-electron chi connectivity index (χ0n) is 21.9. The molecule has 0 radical (unpaired) electrons. The van der Waals surface area contributed by atoms with E-state index >= 15 is 0 Å². The lowest BCUT2D eigenvalue weighted by Gasteiger charge is -2.33. The highest BCUT2D eigenvalue weighted by atomic mass is 32.1. The molecule has 8 aromatic rings. The Morgan fingerprint density at radius 1 is 0.537 bits per heavy atom. The Hall–Kier alpha value is -5.26. The van der Waals surface area contributed by atoms with Crippen molar-refractivity contribution in [2.45, 2.75) is 0 Å². The molecule has 0 spiro atoms. The van der Waals surface area contributed by atoms with Gasteiger partial charge in [-0.2, -0.15) is 0 Å². The molecular weight excluding hydrogens is 520 g/mol. The third kappa shape index (κ3) is 3.33. The van der Waals surface area contributed by atoms with Crippen molar-refractivity contribution >= 4 is 60.6 Å². The van der Waals surface area contributed by atoms with Gasteiger partial charge in [0, 0.05) is 27.6 Å². The van der Waals surface area contributed by atoms with Crippen LogP contribution in [0, 0.1) is 0 Å². The van der Waals surface area contributed by atoms with E-state index < -0.39 is 0 Å². The molecule has 4 heterocycles. The molecule has 5 aromatic carbocycles. The molecule has 0 aliphatic carbocycles. The molecule has 0 fully saturated rings. The summed E-state index contributed by atoms with van der Waals surface area (Å²) in [6, 6.07) is 47.2. The fraction of sp³-hybridized carbons (Fsp3) is 0. The molecule has 5 heteroatoms. The van der Waals surface area contributed by atoms with Gasteiger partial charge in [-0.3, -0.25) is 0 Å². The minimum Gasteiger partial charge on any atom is -0.306 e. The van der Waals surface area contributed by atoms with E-state index in [0.29, 0.717) is 0 Å². The minimum atomic E-state index is 0.929. The molecule has 9 rings (SSSR count). The van der Waals surface area contributed by atoms with Crippen LogP contribution in [0.3, 0.4) is 0 Å². The van der Waals surface area contributed by atoms with Crippen LogP contribution < -0.4 is 4.90 Å². The Morgan fingerprint density at radius 2 is 1.27 bits per heavy atom. The van der Waals surface area contributed by atoms with Crippen LogP contribution in [-0.2, 0) is 0 Å². The Kier molecular flexibility index (Phi) is 4.74. The summed E-state index contributed by atoms with van der Waals surface area (Å²) in [5.41, 5.74) is 11.2. The number of rotatable bonds is 3. The van der Waals surface area contributed by atoms with Crippen molar-refractivity contribution in [2.24, 2.45) is 0 Å². The first kappa shape index (κ1) is 22.5. The van der Waals surface area contributed by atoms with Crippen LogP contribution in [0.25, 0.3) is 59.7 Å². The zero-order valence-corrected chi connectivity index (χ0v) is 22.7. The lowest BCUT2D eigenvalue weighted by molar-refractivity contribution is 1.11. The summed E-state index contributed by atoms with van der Waals surface area (Å²) in [7, 11) is 0. The van der Waals surface area contributed by atoms with Gasteiger partial charge in [0.1, 0.15) is 15.4 Å². The second-order valence-corrected chi connectivity index (χ2v) is 11.3. The van der Waals surface area contributed by atoms with Crippen LogP contribution in [-0.4, -0.2) is 14.5 Å². The molecule has 41 heavy (non-hydrogen) atoms. The van der Waals surface area contributed by atoms with E-state index in [2.05, 4.69) is 125 Å². The first-order chi connectivity index (χ1) is 20.3. The predicted molar refractivity (Wildman–Crippen MR) is 171 cm³/mol. The third-order valence-corrected chi connectivity index (χ3v) is 8.97. The summed E-state index contributed by atoms with van der Waals surface area (Å²) in [6.45, 7) is 0. The van der Waals surface area contributed by atoms with Gasteiger partial charge in [-0.15, -0.1) is 0 Å². The number of thiazole rings is 1. The largest absolute Gasteiger partial charge is 0.306 e. The number of nitrogens with zero attached hydrogens (tertiary/aromatic N) is 4. The minimum absolute atomic E-state index is 0.929. The summed E-state index contributed by atoms with van der Waals surface area (Å²) in [5.74, 6) is 0. The van der Waals surface area contributed by atoms with E-state index in [1.807, 2.05) is 18.2 Å². The average Bonchev–Trinajstić information content (AvgIpc) is 3.62. The van der Waals surface area contributed by atoms with Gasteiger partial charge in [-0.05, 0) is 48.5 Å². The van der Waals surface area contributed by atoms with Crippen LogP contribution in [0.5, 0.6) is 0 Å². The van der Waals surface area contributed by atoms with Gasteiger partial charge in [0.15, 0.2) is 0 Å². The van der Waals surface area contributed by atoms with Crippen LogP contribution in [0.4, 0.5) is 17.1 Å². The SMILES string of the molecule is c1ccc(-c2nc3ccc(-c4cccc(N5c6ccccc6-n6c7ccccc7c7cccc5c76)c4)nc3s2)cc1. The van der Waals surface area contributed by atoms with E-state index in [-0.39, 0.29) is 0 Å². The second-order valence-electron chi connectivity index (χ2n) is 10.3. The first-order valence-corrected chi connectivity index (χ1v) is 14.5. The number of hydrogen-bond donors (Lipinski definition) is 0. The van der Waals surface area contributed by atoms with Gasteiger partial charge in [-0.1, -0.05) is 96.3 Å². The topological polar surface area (TPSA) is 34.0 Å². The van der Waals surface area contributed by atoms with E-state index in [9.17, 15) is 0 Å². The van der Waals surface area contributed by atoms with Gasteiger partial charge in [-0.25, -0.2) is 9.97 Å². The molecule has 0 saturated carbocycles. The van der Waals surface area contributed by atoms with E-state index in [4.69, 9.17) is 9.97 Å². The Labute approximate surface area is 240 Å². The molecule has 192 valence electrons. The molecule has 0 N–H and O–H groups in total. The van der Waals surface area contributed by atoms with Gasteiger partial charge < -0.3 is 9.47 Å². The standard InChI is InChI=1S/C36H22N4S/c1-2-10-23(11-3-1)35-38-29-21-20-28(37-36(29)41-35)24-12-8-13-25(22-24)39-31-17-6-7-18-32(31)40-30-16-5-4-14-26(30)27-15-9-19-33(39)34(27)40/h1-22H. The number of pyridine rings is 1. The smallest absolute Gasteiger partial charge is 0.144 e. The molecule has 0 unspecified atom stereocenters. The van der Waals surface area contributed by atoms with Gasteiger partial charge in [0.25, 0.3) is 0 Å². The normalized spacial score (nSPS) is 12.3. The number of para-hydroxylation sites is 4. The summed E-state index contributed by atoms with van der Waals surface area (Å²) >= 11 is 1.64. The van der Waals surface area contributed by atoms with Crippen molar-refractivity contribution in [2.75, 3.05) is 4.90 Å². The van der Waals surface area contributed by atoms with E-state index in [0.717, 1.165) is 43.6 Å². The monoisotopic (exact) mass is 542 g/mol. The molecule has 1 aliphatic heterocycles. The fourth-order valence-corrected chi connectivity index (χ4v) is 7.11. The highest BCUT2D eigenvalue weighted by molar-refractivity contribution is 7.21. The summed E-state index contributed by atoms with van der Waals surface area (Å²) in [6.07, 6.45) is 0. The quantitative estimate of drug-likeness (QED) is 0.223. The summed E-state index contributed by atoms with van der Waals surface area (Å²) in [4.78, 5) is 13.2. The van der Waals surface area contributed by atoms with E-state index in [1.165, 1.54) is 33.2 Å². The van der Waals surface area contributed by atoms with Crippen molar-refractivity contribution < 1.29 is 0 Å². The van der Waals surface area contributed by atoms with Crippen LogP contribution in [0.1, 0.15) is 0 Å². The van der Waals surface area contributed by atoms with Gasteiger partial charge in [0.2, 0.25) is 0 Å². The molecule has 0 bridgehead atoms. The molecule has 3 aromatic heterocycles. The lowest BCUT2D eigenvalue weighted by atomic mass is 10.1. The number of hydrogen-bond acceptors (Lipinski definition) is 4. The summed E-state index contributed by atoms with van der Waals surface area (Å²) < 4.78 is 2.42. The molecule has 1 aliphatic rings. The van der Waals surface area contributed by atoms with E-state index in [1.54, 1.807) is 11.3 Å². The van der Waals surface area contributed by atoms with Crippen molar-refractivity contribution in [3.63, 3.8) is 0 Å². The number of anilines is 3. The molecule has 0 saturated heterocycles. The lowest BCUT2D eigenvalue weighted by Crippen LogP contribution is -2.18. The maximum absolute atomic E-state index is 5.06. The predicted octanol–water partition coefficient (Wildman–Crippen LogP) is 9.91. The van der Waals surface area contributed by atoms with Gasteiger partial charge in [0.05, 0.1) is 33.8 Å². The Bertz CT molecular complexity index is 2280. The average molecular weight is 543 g/mol. The Balaban J connectivity index is 1.21. The van der Waals surface area contributed by atoms with Crippen LogP contribution >= 0.6 is 11.3 Å². The zero-order chi connectivity index (χ0) is 26.9. The highest BCUT2D eigenvalue weighted by Crippen LogP contribution is 2.49. The maximum atomic E-state index is 5.06. The molecule has 0 atom stereocenters.